The quantitative estimate of drug-likeness (QED) is 0.849. The van der Waals surface area contributed by atoms with E-state index < -0.39 is 0 Å². The third kappa shape index (κ3) is 3.47. The molecule has 1 amide bonds. The van der Waals surface area contributed by atoms with Crippen LogP contribution in [0.2, 0.25) is 0 Å². The van der Waals surface area contributed by atoms with Gasteiger partial charge in [0.1, 0.15) is 12.4 Å². The number of carbonyl (C=O) groups excluding carboxylic acids is 1. The SMILES string of the molecule is CN(CCOc1ccccc1)C(=O)C1CCNC1. The molecule has 1 N–H and O–H groups in total. The van der Waals surface area contributed by atoms with Crippen LogP contribution in [-0.4, -0.2) is 44.1 Å². The van der Waals surface area contributed by atoms with Gasteiger partial charge in [-0.15, -0.1) is 0 Å². The standard InChI is InChI=1S/C14H20N2O2/c1-16(14(17)12-7-8-15-11-12)9-10-18-13-5-3-2-4-6-13/h2-6,12,15H,7-11H2,1H3. The first-order valence-electron chi connectivity index (χ1n) is 6.41. The summed E-state index contributed by atoms with van der Waals surface area (Å²) in [6.45, 7) is 2.92. The lowest BCUT2D eigenvalue weighted by molar-refractivity contribution is -0.133. The lowest BCUT2D eigenvalue weighted by Crippen LogP contribution is -2.36. The molecule has 4 nitrogen and oxygen atoms in total. The van der Waals surface area contributed by atoms with Crippen molar-refractivity contribution in [2.45, 2.75) is 6.42 Å². The Kier molecular flexibility index (Phi) is 4.59. The highest BCUT2D eigenvalue weighted by Gasteiger charge is 2.24. The van der Waals surface area contributed by atoms with Crippen LogP contribution in [0, 0.1) is 5.92 Å². The monoisotopic (exact) mass is 248 g/mol. The molecular formula is C14H20N2O2. The molecule has 0 bridgehead atoms. The number of hydrogen-bond acceptors (Lipinski definition) is 3. The van der Waals surface area contributed by atoms with Crippen molar-refractivity contribution in [3.05, 3.63) is 30.3 Å². The number of nitrogens with zero attached hydrogens (tertiary/aromatic N) is 1. The number of ether oxygens (including phenoxy) is 1. The maximum Gasteiger partial charge on any atom is 0.226 e. The second-order valence-corrected chi connectivity index (χ2v) is 4.61. The zero-order chi connectivity index (χ0) is 12.8. The molecule has 1 aliphatic rings. The first-order chi connectivity index (χ1) is 8.77. The Morgan fingerprint density at radius 2 is 2.22 bits per heavy atom. The molecule has 0 radical (unpaired) electrons. The van der Waals surface area contributed by atoms with Gasteiger partial charge in [0.25, 0.3) is 0 Å². The fraction of sp³-hybridized carbons (Fsp3) is 0.500. The highest BCUT2D eigenvalue weighted by molar-refractivity contribution is 5.79. The minimum absolute atomic E-state index is 0.145. The second kappa shape index (κ2) is 6.40. The van der Waals surface area contributed by atoms with Crippen LogP contribution >= 0.6 is 0 Å². The molecular weight excluding hydrogens is 228 g/mol. The smallest absolute Gasteiger partial charge is 0.226 e. The summed E-state index contributed by atoms with van der Waals surface area (Å²) in [5.74, 6) is 1.21. The highest BCUT2D eigenvalue weighted by Crippen LogP contribution is 2.11. The number of rotatable bonds is 5. The van der Waals surface area contributed by atoms with Gasteiger partial charge in [0, 0.05) is 13.6 Å². The van der Waals surface area contributed by atoms with Crippen molar-refractivity contribution >= 4 is 5.91 Å². The summed E-state index contributed by atoms with van der Waals surface area (Å²) < 4.78 is 5.58. The Bertz CT molecular complexity index is 375. The van der Waals surface area contributed by atoms with E-state index in [0.29, 0.717) is 13.2 Å². The van der Waals surface area contributed by atoms with E-state index in [0.717, 1.165) is 25.3 Å². The molecule has 1 saturated heterocycles. The largest absolute Gasteiger partial charge is 0.492 e. The number of amides is 1. The van der Waals surface area contributed by atoms with Gasteiger partial charge in [-0.2, -0.15) is 0 Å². The first-order valence-corrected chi connectivity index (χ1v) is 6.41. The zero-order valence-corrected chi connectivity index (χ0v) is 10.8. The van der Waals surface area contributed by atoms with Crippen LogP contribution in [0.15, 0.2) is 30.3 Å². The van der Waals surface area contributed by atoms with Crippen molar-refractivity contribution in [3.8, 4) is 5.75 Å². The molecule has 1 aromatic carbocycles. The van der Waals surface area contributed by atoms with E-state index in [-0.39, 0.29) is 11.8 Å². The van der Waals surface area contributed by atoms with Crippen molar-refractivity contribution in [1.29, 1.82) is 0 Å². The Labute approximate surface area is 108 Å². The maximum atomic E-state index is 12.0. The molecule has 1 heterocycles. The van der Waals surface area contributed by atoms with E-state index >= 15 is 0 Å². The molecule has 0 spiro atoms. The molecule has 0 saturated carbocycles. The van der Waals surface area contributed by atoms with Crippen molar-refractivity contribution in [3.63, 3.8) is 0 Å². The summed E-state index contributed by atoms with van der Waals surface area (Å²) in [6, 6.07) is 9.67. The van der Waals surface area contributed by atoms with Crippen LogP contribution in [0.1, 0.15) is 6.42 Å². The number of benzene rings is 1. The summed E-state index contributed by atoms with van der Waals surface area (Å²) in [7, 11) is 1.84. The highest BCUT2D eigenvalue weighted by atomic mass is 16.5. The lowest BCUT2D eigenvalue weighted by atomic mass is 10.1. The molecule has 98 valence electrons. The van der Waals surface area contributed by atoms with Gasteiger partial charge in [-0.25, -0.2) is 0 Å². The number of nitrogens with one attached hydrogen (secondary N) is 1. The van der Waals surface area contributed by atoms with Crippen molar-refractivity contribution in [2.24, 2.45) is 5.92 Å². The van der Waals surface area contributed by atoms with E-state index in [1.165, 1.54) is 0 Å². The molecule has 18 heavy (non-hydrogen) atoms. The summed E-state index contributed by atoms with van der Waals surface area (Å²) in [5, 5.41) is 3.21. The molecule has 0 aliphatic carbocycles. The fourth-order valence-corrected chi connectivity index (χ4v) is 2.10. The van der Waals surface area contributed by atoms with Gasteiger partial charge < -0.3 is 15.0 Å². The van der Waals surface area contributed by atoms with Crippen molar-refractivity contribution in [2.75, 3.05) is 33.3 Å². The molecule has 0 aromatic heterocycles. The van der Waals surface area contributed by atoms with E-state index in [4.69, 9.17) is 4.74 Å². The van der Waals surface area contributed by atoms with Gasteiger partial charge in [0.05, 0.1) is 12.5 Å². The van der Waals surface area contributed by atoms with E-state index in [2.05, 4.69) is 5.32 Å². The number of likely N-dealkylation sites (N-methyl/N-ethyl adjacent to an activating group) is 1. The maximum absolute atomic E-state index is 12.0. The average Bonchev–Trinajstić information content (AvgIpc) is 2.93. The molecule has 1 unspecified atom stereocenters. The third-order valence-electron chi connectivity index (χ3n) is 3.22. The summed E-state index contributed by atoms with van der Waals surface area (Å²) in [5.41, 5.74) is 0. The Morgan fingerprint density at radius 1 is 1.44 bits per heavy atom. The topological polar surface area (TPSA) is 41.6 Å². The summed E-state index contributed by atoms with van der Waals surface area (Å²) >= 11 is 0. The molecule has 4 heteroatoms. The van der Waals surface area contributed by atoms with Gasteiger partial charge in [-0.3, -0.25) is 4.79 Å². The van der Waals surface area contributed by atoms with Gasteiger partial charge in [0.15, 0.2) is 0 Å². The van der Waals surface area contributed by atoms with E-state index in [1.54, 1.807) is 4.90 Å². The Morgan fingerprint density at radius 3 is 2.89 bits per heavy atom. The minimum Gasteiger partial charge on any atom is -0.492 e. The van der Waals surface area contributed by atoms with Gasteiger partial charge >= 0.3 is 0 Å². The van der Waals surface area contributed by atoms with Gasteiger partial charge in [0.2, 0.25) is 5.91 Å². The Balaban J connectivity index is 1.71. The third-order valence-corrected chi connectivity index (χ3v) is 3.22. The van der Waals surface area contributed by atoms with E-state index in [1.807, 2.05) is 37.4 Å². The van der Waals surface area contributed by atoms with Crippen molar-refractivity contribution < 1.29 is 9.53 Å². The zero-order valence-electron chi connectivity index (χ0n) is 10.8. The minimum atomic E-state index is 0.145. The van der Waals surface area contributed by atoms with Crippen LogP contribution in [0.5, 0.6) is 5.75 Å². The second-order valence-electron chi connectivity index (χ2n) is 4.61. The van der Waals surface area contributed by atoms with Crippen LogP contribution < -0.4 is 10.1 Å². The number of hydrogen-bond donors (Lipinski definition) is 1. The summed E-state index contributed by atoms with van der Waals surface area (Å²) in [4.78, 5) is 13.8. The normalized spacial score (nSPS) is 18.6. The first kappa shape index (κ1) is 12.9. The van der Waals surface area contributed by atoms with E-state index in [9.17, 15) is 4.79 Å². The van der Waals surface area contributed by atoms with Crippen LogP contribution in [0.3, 0.4) is 0 Å². The molecule has 1 fully saturated rings. The lowest BCUT2D eigenvalue weighted by Gasteiger charge is -2.20. The Hall–Kier alpha value is -1.55. The number of carbonyl (C=O) groups is 1. The predicted molar refractivity (Wildman–Crippen MR) is 70.6 cm³/mol. The predicted octanol–water partition coefficient (Wildman–Crippen LogP) is 1.13. The summed E-state index contributed by atoms with van der Waals surface area (Å²) in [6.07, 6.45) is 0.947. The molecule has 2 rings (SSSR count). The number of para-hydroxylation sites is 1. The van der Waals surface area contributed by atoms with Crippen molar-refractivity contribution in [1.82, 2.24) is 10.2 Å². The average molecular weight is 248 g/mol. The molecule has 1 aromatic rings. The van der Waals surface area contributed by atoms with Crippen LogP contribution in [0.4, 0.5) is 0 Å². The molecule has 1 aliphatic heterocycles. The van der Waals surface area contributed by atoms with Crippen LogP contribution in [0.25, 0.3) is 0 Å². The molecule has 1 atom stereocenters. The van der Waals surface area contributed by atoms with Crippen LogP contribution in [-0.2, 0) is 4.79 Å². The van der Waals surface area contributed by atoms with Gasteiger partial charge in [-0.05, 0) is 25.1 Å². The van der Waals surface area contributed by atoms with Gasteiger partial charge in [-0.1, -0.05) is 18.2 Å². The fourth-order valence-electron chi connectivity index (χ4n) is 2.10.